The number of carboxylic acid groups (broad SMARTS) is 1. The van der Waals surface area contributed by atoms with Gasteiger partial charge in [0.15, 0.2) is 16.6 Å². The maximum atomic E-state index is 11.8. The molecule has 6 aromatic rings. The fraction of sp³-hybridized carbons (Fsp3) is 0.279. The number of rotatable bonds is 15. The molecule has 0 bridgehead atoms. The van der Waals surface area contributed by atoms with Crippen LogP contribution in [0.3, 0.4) is 0 Å². The lowest BCUT2D eigenvalue weighted by Gasteiger charge is -2.32. The Bertz CT molecular complexity index is 2380. The second-order valence-corrected chi connectivity index (χ2v) is 14.6. The van der Waals surface area contributed by atoms with Crippen LogP contribution < -0.4 is 19.1 Å². The first-order valence-corrected chi connectivity index (χ1v) is 19.7. The molecule has 15 heteroatoms. The van der Waals surface area contributed by atoms with Crippen LogP contribution in [0.15, 0.2) is 83.4 Å². The number of hydrogen-bond donors (Lipinski definition) is 1. The number of anilines is 1. The molecule has 1 aliphatic rings. The number of aryl methyl sites for hydroxylation is 2. The maximum absolute atomic E-state index is 11.8. The Morgan fingerprint density at radius 2 is 1.66 bits per heavy atom. The topological polar surface area (TPSA) is 155 Å². The number of amides is 1. The van der Waals surface area contributed by atoms with Gasteiger partial charge in [0.1, 0.15) is 24.7 Å². The van der Waals surface area contributed by atoms with Gasteiger partial charge in [-0.1, -0.05) is 36.4 Å². The van der Waals surface area contributed by atoms with Crippen LogP contribution in [-0.4, -0.2) is 81.7 Å². The summed E-state index contributed by atoms with van der Waals surface area (Å²) in [6, 6.07) is 22.9. The Balaban J connectivity index is 1.02. The number of carbonyl (C=O) groups excluding carboxylic acids is 1. The van der Waals surface area contributed by atoms with E-state index in [-0.39, 0.29) is 25.6 Å². The van der Waals surface area contributed by atoms with Gasteiger partial charge < -0.3 is 38.3 Å². The van der Waals surface area contributed by atoms with Crippen LogP contribution in [0.5, 0.6) is 17.4 Å². The Morgan fingerprint density at radius 1 is 0.897 bits per heavy atom. The van der Waals surface area contributed by atoms with E-state index in [0.717, 1.165) is 43.6 Å². The van der Waals surface area contributed by atoms with Gasteiger partial charge in [0.2, 0.25) is 11.8 Å². The Labute approximate surface area is 339 Å². The minimum atomic E-state index is -0.892. The zero-order valence-corrected chi connectivity index (χ0v) is 33.5. The molecule has 0 aliphatic carbocycles. The van der Waals surface area contributed by atoms with Crippen molar-refractivity contribution >= 4 is 40.7 Å². The normalized spacial score (nSPS) is 12.9. The summed E-state index contributed by atoms with van der Waals surface area (Å²) >= 11 is 1.59. The van der Waals surface area contributed by atoms with E-state index in [1.807, 2.05) is 105 Å². The lowest BCUT2D eigenvalue weighted by atomic mass is 10.1. The van der Waals surface area contributed by atoms with Gasteiger partial charge in [-0.25, -0.2) is 19.4 Å². The van der Waals surface area contributed by atoms with Crippen molar-refractivity contribution in [1.82, 2.24) is 24.6 Å². The van der Waals surface area contributed by atoms with E-state index < -0.39 is 6.09 Å². The van der Waals surface area contributed by atoms with Gasteiger partial charge in [0.25, 0.3) is 0 Å². The van der Waals surface area contributed by atoms with Crippen LogP contribution in [0.25, 0.3) is 29.3 Å². The number of para-hydroxylation sites is 1. The van der Waals surface area contributed by atoms with E-state index in [1.165, 1.54) is 4.90 Å². The molecule has 3 aromatic carbocycles. The fourth-order valence-electron chi connectivity index (χ4n) is 6.30. The van der Waals surface area contributed by atoms with Crippen LogP contribution >= 0.6 is 11.3 Å². The molecule has 1 aliphatic heterocycles. The van der Waals surface area contributed by atoms with Crippen LogP contribution in [-0.2, 0) is 29.2 Å². The first-order valence-electron chi connectivity index (χ1n) is 18.8. The molecule has 1 amide bonds. The Hall–Kier alpha value is -6.61. The number of piperazine rings is 1. The minimum Gasteiger partial charge on any atom is -0.493 e. The van der Waals surface area contributed by atoms with E-state index >= 15 is 0 Å². The average molecular weight is 805 g/mol. The lowest BCUT2D eigenvalue weighted by Crippen LogP contribution is -2.48. The number of ether oxygens (including phenoxy) is 4. The van der Waals surface area contributed by atoms with Crippen LogP contribution in [0.1, 0.15) is 45.6 Å². The zero-order chi connectivity index (χ0) is 40.6. The summed E-state index contributed by atoms with van der Waals surface area (Å²) in [5.41, 5.74) is 5.63. The number of thiazole rings is 1. The Morgan fingerprint density at radius 3 is 2.38 bits per heavy atom. The van der Waals surface area contributed by atoms with Crippen molar-refractivity contribution in [3.05, 3.63) is 118 Å². The predicted molar refractivity (Wildman–Crippen MR) is 220 cm³/mol. The van der Waals surface area contributed by atoms with Crippen molar-refractivity contribution in [1.29, 1.82) is 0 Å². The van der Waals surface area contributed by atoms with Crippen LogP contribution in [0, 0.1) is 13.8 Å². The summed E-state index contributed by atoms with van der Waals surface area (Å²) < 4.78 is 31.0. The Kier molecular flexibility index (Phi) is 12.4. The maximum Gasteiger partial charge on any atom is 0.407 e. The third kappa shape index (κ3) is 9.49. The summed E-state index contributed by atoms with van der Waals surface area (Å²) in [6.07, 6.45) is 5.14. The highest BCUT2D eigenvalue weighted by Gasteiger charge is 2.23. The van der Waals surface area contributed by atoms with Crippen LogP contribution in [0.4, 0.5) is 9.93 Å². The number of carbonyl (C=O) groups is 2. The zero-order valence-electron chi connectivity index (χ0n) is 32.7. The highest BCUT2D eigenvalue weighted by molar-refractivity contribution is 7.15. The predicted octanol–water partition coefficient (Wildman–Crippen LogP) is 7.84. The molecule has 0 saturated carbocycles. The van der Waals surface area contributed by atoms with Crippen molar-refractivity contribution in [3.8, 4) is 34.5 Å². The van der Waals surface area contributed by atoms with Crippen molar-refractivity contribution in [2.75, 3.05) is 44.8 Å². The standard InChI is InChI=1S/C43H44N6O8S/c1-5-54-39(50)24-30-11-14-32(15-12-30)40-44-36(28(2)57-40)27-55-37-18-13-31(23-38(37)53-4)26-56-41-33(25-49(46-41)34-9-7-6-8-10-34)16-17-35-29(3)58-42(45-35)47-19-21-48(22-20-47)43(51)52/h6-18,23,25H,5,19-22,24,26-27H2,1-4H3,(H,51,52)/b17-16+. The van der Waals surface area contributed by atoms with Gasteiger partial charge in [-0.05, 0) is 80.4 Å². The number of esters is 1. The molecule has 0 radical (unpaired) electrons. The summed E-state index contributed by atoms with van der Waals surface area (Å²) in [5, 5.41) is 15.0. The molecule has 7 rings (SSSR count). The molecule has 0 spiro atoms. The number of nitrogens with zero attached hydrogens (tertiary/aromatic N) is 6. The molecule has 14 nitrogen and oxygen atoms in total. The van der Waals surface area contributed by atoms with E-state index in [9.17, 15) is 14.7 Å². The van der Waals surface area contributed by atoms with Gasteiger partial charge >= 0.3 is 12.1 Å². The summed E-state index contributed by atoms with van der Waals surface area (Å²) in [7, 11) is 1.59. The number of hydrogen-bond acceptors (Lipinski definition) is 12. The molecular formula is C43H44N6O8S. The second-order valence-electron chi connectivity index (χ2n) is 13.5. The van der Waals surface area contributed by atoms with Gasteiger partial charge in [-0.15, -0.1) is 16.4 Å². The summed E-state index contributed by atoms with van der Waals surface area (Å²) in [6.45, 7) is 8.48. The number of aromatic nitrogens is 4. The molecule has 300 valence electrons. The number of methoxy groups -OCH3 is 1. The number of benzene rings is 3. The first-order chi connectivity index (χ1) is 28.2. The van der Waals surface area contributed by atoms with E-state index in [0.29, 0.717) is 67.5 Å². The average Bonchev–Trinajstić information content (AvgIpc) is 3.95. The number of oxazole rings is 1. The van der Waals surface area contributed by atoms with Crippen molar-refractivity contribution < 1.29 is 38.1 Å². The fourth-order valence-corrected chi connectivity index (χ4v) is 7.25. The van der Waals surface area contributed by atoms with Crippen molar-refractivity contribution in [2.24, 2.45) is 0 Å². The third-order valence-electron chi connectivity index (χ3n) is 9.51. The molecule has 1 N–H and O–H groups in total. The monoisotopic (exact) mass is 804 g/mol. The molecule has 58 heavy (non-hydrogen) atoms. The molecule has 0 atom stereocenters. The quantitative estimate of drug-likeness (QED) is 0.101. The second kappa shape index (κ2) is 18.1. The van der Waals surface area contributed by atoms with Gasteiger partial charge in [-0.2, -0.15) is 0 Å². The summed E-state index contributed by atoms with van der Waals surface area (Å²) in [5.74, 6) is 2.35. The SMILES string of the molecule is CCOC(=O)Cc1ccc(-c2nc(COc3ccc(COc4nn(-c5ccccc5)cc4/C=C/c4nc(N5CCN(C(=O)O)CC5)sc4C)cc3OC)c(C)o2)cc1. The van der Waals surface area contributed by atoms with Crippen molar-refractivity contribution in [2.45, 2.75) is 40.4 Å². The first kappa shape index (κ1) is 39.6. The summed E-state index contributed by atoms with van der Waals surface area (Å²) in [4.78, 5) is 37.4. The van der Waals surface area contributed by atoms with E-state index in [2.05, 4.69) is 9.88 Å². The molecule has 1 fully saturated rings. The lowest BCUT2D eigenvalue weighted by molar-refractivity contribution is -0.142. The highest BCUT2D eigenvalue weighted by Crippen LogP contribution is 2.32. The van der Waals surface area contributed by atoms with Gasteiger partial charge in [-0.3, -0.25) is 4.79 Å². The van der Waals surface area contributed by atoms with Crippen LogP contribution in [0.2, 0.25) is 0 Å². The van der Waals surface area contributed by atoms with Gasteiger partial charge in [0.05, 0.1) is 37.1 Å². The smallest absolute Gasteiger partial charge is 0.407 e. The molecule has 4 heterocycles. The molecule has 0 unspecified atom stereocenters. The van der Waals surface area contributed by atoms with E-state index in [4.69, 9.17) is 33.4 Å². The molecule has 1 saturated heterocycles. The van der Waals surface area contributed by atoms with Gasteiger partial charge in [0, 0.05) is 42.8 Å². The minimum absolute atomic E-state index is 0.163. The molecule has 3 aromatic heterocycles. The third-order valence-corrected chi connectivity index (χ3v) is 10.6. The largest absolute Gasteiger partial charge is 0.493 e. The highest BCUT2D eigenvalue weighted by atomic mass is 32.1. The van der Waals surface area contributed by atoms with E-state index in [1.54, 1.807) is 30.1 Å². The van der Waals surface area contributed by atoms with Crippen molar-refractivity contribution in [3.63, 3.8) is 0 Å². The molecular weight excluding hydrogens is 761 g/mol.